The zero-order chi connectivity index (χ0) is 23.2. The first-order chi connectivity index (χ1) is 15.1. The smallest absolute Gasteiger partial charge is 0.159 e. The molecule has 0 aliphatic heterocycles. The lowest BCUT2D eigenvalue weighted by Gasteiger charge is -2.26. The largest absolute Gasteiger partial charge is 0.353 e. The maximum atomic E-state index is 6.30. The van der Waals surface area contributed by atoms with Crippen LogP contribution in [0, 0.1) is 5.92 Å². The van der Waals surface area contributed by atoms with Crippen LogP contribution in [0.3, 0.4) is 0 Å². The average molecular weight is 443 g/mol. The highest BCUT2D eigenvalue weighted by atomic mass is 16.7. The Hall–Kier alpha value is -0.160. The lowest BCUT2D eigenvalue weighted by atomic mass is 10.0. The van der Waals surface area contributed by atoms with E-state index in [0.717, 1.165) is 32.5 Å². The van der Waals surface area contributed by atoms with Crippen molar-refractivity contribution in [2.45, 2.75) is 155 Å². The van der Waals surface area contributed by atoms with Gasteiger partial charge in [-0.25, -0.2) is 0 Å². The lowest BCUT2D eigenvalue weighted by Crippen LogP contribution is -2.44. The summed E-state index contributed by atoms with van der Waals surface area (Å²) in [5, 5.41) is 0. The van der Waals surface area contributed by atoms with E-state index in [9.17, 15) is 0 Å². The van der Waals surface area contributed by atoms with Crippen molar-refractivity contribution in [2.75, 3.05) is 13.2 Å². The maximum Gasteiger partial charge on any atom is 0.159 e. The van der Waals surface area contributed by atoms with Crippen LogP contribution < -0.4 is 11.5 Å². The van der Waals surface area contributed by atoms with E-state index >= 15 is 0 Å². The van der Waals surface area contributed by atoms with Crippen molar-refractivity contribution in [2.24, 2.45) is 17.4 Å². The van der Waals surface area contributed by atoms with Gasteiger partial charge in [-0.15, -0.1) is 0 Å². The topological polar surface area (TPSA) is 70.5 Å². The van der Waals surface area contributed by atoms with Crippen molar-refractivity contribution in [1.82, 2.24) is 0 Å². The Morgan fingerprint density at radius 1 is 0.581 bits per heavy atom. The van der Waals surface area contributed by atoms with E-state index in [1.807, 2.05) is 0 Å². The van der Waals surface area contributed by atoms with E-state index in [2.05, 4.69) is 27.7 Å². The summed E-state index contributed by atoms with van der Waals surface area (Å²) in [5.74, 6) is 0.615. The molecule has 188 valence electrons. The van der Waals surface area contributed by atoms with E-state index in [-0.39, 0.29) is 18.4 Å². The van der Waals surface area contributed by atoms with Gasteiger partial charge in [-0.05, 0) is 25.2 Å². The van der Waals surface area contributed by atoms with E-state index in [4.69, 9.17) is 20.9 Å². The van der Waals surface area contributed by atoms with Crippen LogP contribution in [-0.2, 0) is 9.47 Å². The molecule has 0 rings (SSSR count). The first-order valence-electron chi connectivity index (χ1n) is 13.8. The van der Waals surface area contributed by atoms with Crippen molar-refractivity contribution < 1.29 is 9.47 Å². The van der Waals surface area contributed by atoms with Gasteiger partial charge in [-0.2, -0.15) is 0 Å². The van der Waals surface area contributed by atoms with E-state index < -0.39 is 0 Å². The summed E-state index contributed by atoms with van der Waals surface area (Å²) in [6, 6.07) is -0.0539. The van der Waals surface area contributed by atoms with Gasteiger partial charge in [0.15, 0.2) is 6.29 Å². The van der Waals surface area contributed by atoms with E-state index in [0.29, 0.717) is 12.3 Å². The Balaban J connectivity index is 4.04. The fraction of sp³-hybridized carbons (Fsp3) is 1.00. The predicted octanol–water partition coefficient (Wildman–Crippen LogP) is 7.33. The van der Waals surface area contributed by atoms with Crippen molar-refractivity contribution >= 4 is 0 Å². The minimum Gasteiger partial charge on any atom is -0.353 e. The molecule has 0 saturated carbocycles. The first-order valence-corrected chi connectivity index (χ1v) is 13.8. The molecule has 4 atom stereocenters. The third-order valence-corrected chi connectivity index (χ3v) is 6.60. The van der Waals surface area contributed by atoms with Crippen LogP contribution in [0.2, 0.25) is 0 Å². The Bertz CT molecular complexity index is 354. The predicted molar refractivity (Wildman–Crippen MR) is 136 cm³/mol. The van der Waals surface area contributed by atoms with E-state index in [1.54, 1.807) is 0 Å². The molecule has 0 aliphatic carbocycles. The highest BCUT2D eigenvalue weighted by Crippen LogP contribution is 2.17. The molecule has 0 aliphatic rings. The molecule has 4 heteroatoms. The quantitative estimate of drug-likeness (QED) is 0.121. The normalized spacial score (nSPS) is 15.7. The Labute approximate surface area is 195 Å². The molecule has 4 unspecified atom stereocenters. The fourth-order valence-corrected chi connectivity index (χ4v) is 4.01. The van der Waals surface area contributed by atoms with Gasteiger partial charge in [0.25, 0.3) is 0 Å². The van der Waals surface area contributed by atoms with Gasteiger partial charge in [-0.1, -0.05) is 111 Å². The number of hydrogen-bond donors (Lipinski definition) is 2. The second kappa shape index (κ2) is 23.0. The van der Waals surface area contributed by atoms with Crippen LogP contribution in [0.4, 0.5) is 0 Å². The molecule has 4 N–H and O–H groups in total. The molecule has 0 radical (unpaired) electrons. The lowest BCUT2D eigenvalue weighted by molar-refractivity contribution is -0.157. The standard InChI is InChI=1S/C27H58N2O2/c1-5-9-11-12-13-14-15-16-17-18-19-21-30-27(22-26(29)25(28)8-4)31-23-24(7-3)20-10-6-2/h24-27H,5-23,28-29H2,1-4H3. The number of nitrogens with two attached hydrogens (primary N) is 2. The van der Waals surface area contributed by atoms with Crippen LogP contribution in [0.5, 0.6) is 0 Å². The molecular formula is C27H58N2O2. The average Bonchev–Trinajstić information content (AvgIpc) is 2.78. The molecule has 0 aromatic carbocycles. The molecule has 0 fully saturated rings. The zero-order valence-electron chi connectivity index (χ0n) is 21.7. The van der Waals surface area contributed by atoms with Crippen molar-refractivity contribution in [3.63, 3.8) is 0 Å². The summed E-state index contributed by atoms with van der Waals surface area (Å²) in [6.45, 7) is 10.4. The van der Waals surface area contributed by atoms with Gasteiger partial charge in [0.1, 0.15) is 0 Å². The van der Waals surface area contributed by atoms with Crippen LogP contribution in [0.1, 0.15) is 137 Å². The number of rotatable bonds is 24. The van der Waals surface area contributed by atoms with Crippen LogP contribution in [0.25, 0.3) is 0 Å². The second-order valence-electron chi connectivity index (χ2n) is 9.56. The minimum atomic E-state index is -0.216. The van der Waals surface area contributed by atoms with Crippen LogP contribution >= 0.6 is 0 Å². The van der Waals surface area contributed by atoms with Crippen molar-refractivity contribution in [3.8, 4) is 0 Å². The second-order valence-corrected chi connectivity index (χ2v) is 9.56. The molecular weight excluding hydrogens is 384 g/mol. The number of unbranched alkanes of at least 4 members (excludes halogenated alkanes) is 11. The molecule has 0 aromatic heterocycles. The van der Waals surface area contributed by atoms with Crippen molar-refractivity contribution in [3.05, 3.63) is 0 Å². The summed E-state index contributed by atoms with van der Waals surface area (Å²) in [5.41, 5.74) is 12.4. The van der Waals surface area contributed by atoms with Gasteiger partial charge in [0.2, 0.25) is 0 Å². The van der Waals surface area contributed by atoms with Crippen molar-refractivity contribution in [1.29, 1.82) is 0 Å². The SMILES string of the molecule is CCCCCCCCCCCCCOC(CC(N)C(N)CC)OCC(CC)CCCC. The maximum absolute atomic E-state index is 6.30. The van der Waals surface area contributed by atoms with Crippen LogP contribution in [-0.4, -0.2) is 31.6 Å². The highest BCUT2D eigenvalue weighted by Gasteiger charge is 2.20. The number of ether oxygens (including phenoxy) is 2. The molecule has 0 amide bonds. The third kappa shape index (κ3) is 19.1. The molecule has 0 heterocycles. The Kier molecular flexibility index (Phi) is 22.9. The molecule has 0 bridgehead atoms. The Morgan fingerprint density at radius 3 is 1.65 bits per heavy atom. The molecule has 0 aromatic rings. The number of hydrogen-bond acceptors (Lipinski definition) is 4. The van der Waals surface area contributed by atoms with E-state index in [1.165, 1.54) is 83.5 Å². The zero-order valence-corrected chi connectivity index (χ0v) is 21.7. The molecule has 4 nitrogen and oxygen atoms in total. The molecule has 0 spiro atoms. The Morgan fingerprint density at radius 2 is 1.13 bits per heavy atom. The fourth-order valence-electron chi connectivity index (χ4n) is 4.01. The van der Waals surface area contributed by atoms with Gasteiger partial charge < -0.3 is 20.9 Å². The van der Waals surface area contributed by atoms with Gasteiger partial charge in [-0.3, -0.25) is 0 Å². The summed E-state index contributed by atoms with van der Waals surface area (Å²) in [4.78, 5) is 0. The van der Waals surface area contributed by atoms with Gasteiger partial charge in [0, 0.05) is 25.1 Å². The summed E-state index contributed by atoms with van der Waals surface area (Å²) >= 11 is 0. The monoisotopic (exact) mass is 442 g/mol. The third-order valence-electron chi connectivity index (χ3n) is 6.60. The summed E-state index contributed by atoms with van der Waals surface area (Å²) in [6.07, 6.45) is 21.1. The first kappa shape index (κ1) is 30.8. The highest BCUT2D eigenvalue weighted by molar-refractivity contribution is 4.76. The van der Waals surface area contributed by atoms with Gasteiger partial charge >= 0.3 is 0 Å². The molecule has 31 heavy (non-hydrogen) atoms. The van der Waals surface area contributed by atoms with Gasteiger partial charge in [0.05, 0.1) is 6.61 Å². The minimum absolute atomic E-state index is 0.0127. The molecule has 0 saturated heterocycles. The van der Waals surface area contributed by atoms with Crippen LogP contribution in [0.15, 0.2) is 0 Å². The summed E-state index contributed by atoms with van der Waals surface area (Å²) in [7, 11) is 0. The summed E-state index contributed by atoms with van der Waals surface area (Å²) < 4.78 is 12.3.